The van der Waals surface area contributed by atoms with Gasteiger partial charge in [0.25, 0.3) is 0 Å². The maximum Gasteiger partial charge on any atom is 0.335 e. The zero-order chi connectivity index (χ0) is 17.9. The molecule has 24 heavy (non-hydrogen) atoms. The highest BCUT2D eigenvalue weighted by molar-refractivity contribution is 7.89. The van der Waals surface area contributed by atoms with Crippen LogP contribution in [0.15, 0.2) is 45.9 Å². The zero-order valence-electron chi connectivity index (χ0n) is 13.7. The summed E-state index contributed by atoms with van der Waals surface area (Å²) in [4.78, 5) is 12.9. The summed E-state index contributed by atoms with van der Waals surface area (Å²) in [6.07, 6.45) is 1.53. The quantitative estimate of drug-likeness (QED) is 0.789. The summed E-state index contributed by atoms with van der Waals surface area (Å²) in [6.45, 7) is 1.71. The van der Waals surface area contributed by atoms with Crippen molar-refractivity contribution in [2.45, 2.75) is 17.9 Å². The summed E-state index contributed by atoms with van der Waals surface area (Å²) in [7, 11) is -0.204. The number of carboxylic acids is 1. The third kappa shape index (κ3) is 4.02. The zero-order valence-corrected chi connectivity index (χ0v) is 14.5. The van der Waals surface area contributed by atoms with E-state index >= 15 is 0 Å². The van der Waals surface area contributed by atoms with E-state index < -0.39 is 16.0 Å². The Balaban J connectivity index is 2.22. The number of carbonyl (C=O) groups is 1. The van der Waals surface area contributed by atoms with E-state index in [-0.39, 0.29) is 23.0 Å². The molecule has 1 atom stereocenters. The van der Waals surface area contributed by atoms with E-state index in [2.05, 4.69) is 4.72 Å². The largest absolute Gasteiger partial charge is 0.478 e. The molecule has 2 N–H and O–H groups in total. The predicted molar refractivity (Wildman–Crippen MR) is 88.5 cm³/mol. The Morgan fingerprint density at radius 2 is 2.04 bits per heavy atom. The molecule has 130 valence electrons. The third-order valence-corrected chi connectivity index (χ3v) is 5.13. The average Bonchev–Trinajstić information content (AvgIpc) is 3.01. The van der Waals surface area contributed by atoms with Crippen molar-refractivity contribution in [2.24, 2.45) is 0 Å². The molecule has 0 saturated carbocycles. The monoisotopic (exact) mass is 352 g/mol. The van der Waals surface area contributed by atoms with Gasteiger partial charge in [-0.2, -0.15) is 0 Å². The lowest BCUT2D eigenvalue weighted by Gasteiger charge is -2.22. The molecule has 1 unspecified atom stereocenters. The van der Waals surface area contributed by atoms with Crippen LogP contribution in [0.25, 0.3) is 0 Å². The minimum absolute atomic E-state index is 0.0342. The van der Waals surface area contributed by atoms with Gasteiger partial charge in [-0.05, 0) is 50.8 Å². The van der Waals surface area contributed by atoms with E-state index in [0.29, 0.717) is 11.3 Å². The van der Waals surface area contributed by atoms with Crippen molar-refractivity contribution in [1.29, 1.82) is 0 Å². The second kappa shape index (κ2) is 7.16. The Bertz CT molecular complexity index is 813. The van der Waals surface area contributed by atoms with Crippen LogP contribution in [0.5, 0.6) is 0 Å². The first-order chi connectivity index (χ1) is 11.2. The number of benzene rings is 1. The highest BCUT2D eigenvalue weighted by Crippen LogP contribution is 2.20. The van der Waals surface area contributed by atoms with Gasteiger partial charge in [0.1, 0.15) is 5.76 Å². The van der Waals surface area contributed by atoms with Gasteiger partial charge in [-0.15, -0.1) is 0 Å². The van der Waals surface area contributed by atoms with Crippen molar-refractivity contribution in [3.8, 4) is 0 Å². The normalized spacial score (nSPS) is 13.2. The molecule has 2 aromatic rings. The Morgan fingerprint density at radius 1 is 1.33 bits per heavy atom. The van der Waals surface area contributed by atoms with Crippen molar-refractivity contribution < 1.29 is 22.7 Å². The van der Waals surface area contributed by atoms with Crippen LogP contribution in [0.3, 0.4) is 0 Å². The van der Waals surface area contributed by atoms with E-state index in [1.54, 1.807) is 19.1 Å². The fraction of sp³-hybridized carbons (Fsp3) is 0.312. The number of nitrogens with one attached hydrogen (secondary N) is 1. The minimum Gasteiger partial charge on any atom is -0.478 e. The summed E-state index contributed by atoms with van der Waals surface area (Å²) >= 11 is 0. The molecule has 1 heterocycles. The van der Waals surface area contributed by atoms with Crippen molar-refractivity contribution >= 4 is 16.0 Å². The van der Waals surface area contributed by atoms with Gasteiger partial charge in [0.2, 0.25) is 10.0 Å². The number of aryl methyl sites for hydroxylation is 1. The van der Waals surface area contributed by atoms with Gasteiger partial charge < -0.3 is 9.52 Å². The number of hydrogen-bond donors (Lipinski definition) is 2. The summed E-state index contributed by atoms with van der Waals surface area (Å²) in [5.74, 6) is -0.524. The fourth-order valence-electron chi connectivity index (χ4n) is 2.29. The minimum atomic E-state index is -3.83. The van der Waals surface area contributed by atoms with Crippen molar-refractivity contribution in [3.05, 3.63) is 53.5 Å². The van der Waals surface area contributed by atoms with E-state index in [1.807, 2.05) is 19.0 Å². The number of hydrogen-bond acceptors (Lipinski definition) is 5. The van der Waals surface area contributed by atoms with E-state index in [4.69, 9.17) is 9.52 Å². The molecule has 7 nitrogen and oxygen atoms in total. The van der Waals surface area contributed by atoms with Crippen LogP contribution in [0, 0.1) is 6.92 Å². The number of nitrogens with zero attached hydrogens (tertiary/aromatic N) is 1. The number of likely N-dealkylation sites (N-methyl/N-ethyl adjacent to an activating group) is 1. The lowest BCUT2D eigenvalue weighted by atomic mass is 10.1. The molecule has 0 bridgehead atoms. The Labute approximate surface area is 140 Å². The number of carboxylic acid groups (broad SMARTS) is 1. The molecular weight excluding hydrogens is 332 g/mol. The SMILES string of the molecule is Cc1ccc(S(=O)(=O)NCC(c2ccco2)N(C)C)cc1C(=O)O. The average molecular weight is 352 g/mol. The van der Waals surface area contributed by atoms with E-state index in [9.17, 15) is 13.2 Å². The van der Waals surface area contributed by atoms with Crippen LogP contribution in [0.1, 0.15) is 27.7 Å². The van der Waals surface area contributed by atoms with Gasteiger partial charge in [0, 0.05) is 6.54 Å². The molecular formula is C16H20N2O5S. The molecule has 0 spiro atoms. The molecule has 0 saturated heterocycles. The van der Waals surface area contributed by atoms with Crippen molar-refractivity contribution in [2.75, 3.05) is 20.6 Å². The summed E-state index contributed by atoms with van der Waals surface area (Å²) in [5, 5.41) is 9.14. The molecule has 1 aromatic carbocycles. The Morgan fingerprint density at radius 3 is 2.58 bits per heavy atom. The topological polar surface area (TPSA) is 99.9 Å². The number of rotatable bonds is 7. The van der Waals surface area contributed by atoms with Gasteiger partial charge in [-0.25, -0.2) is 17.9 Å². The number of furan rings is 1. The van der Waals surface area contributed by atoms with Crippen molar-refractivity contribution in [1.82, 2.24) is 9.62 Å². The van der Waals surface area contributed by atoms with Crippen LogP contribution in [0.2, 0.25) is 0 Å². The standard InChI is InChI=1S/C16H20N2O5S/c1-11-6-7-12(9-13(11)16(19)20)24(21,22)17-10-14(18(2)3)15-5-4-8-23-15/h4-9,14,17H,10H2,1-3H3,(H,19,20). The molecule has 2 rings (SSSR count). The van der Waals surface area contributed by atoms with Crippen LogP contribution < -0.4 is 4.72 Å². The van der Waals surface area contributed by atoms with Gasteiger partial charge in [-0.1, -0.05) is 6.07 Å². The first-order valence-corrected chi connectivity index (χ1v) is 8.74. The smallest absolute Gasteiger partial charge is 0.335 e. The third-order valence-electron chi connectivity index (χ3n) is 3.71. The molecule has 0 aliphatic rings. The highest BCUT2D eigenvalue weighted by Gasteiger charge is 2.22. The van der Waals surface area contributed by atoms with Gasteiger partial charge in [0.15, 0.2) is 0 Å². The molecule has 0 aliphatic heterocycles. The van der Waals surface area contributed by atoms with Crippen LogP contribution in [0.4, 0.5) is 0 Å². The lowest BCUT2D eigenvalue weighted by molar-refractivity contribution is 0.0696. The second-order valence-corrected chi connectivity index (χ2v) is 7.40. The summed E-state index contributed by atoms with van der Waals surface area (Å²) < 4.78 is 32.8. The molecule has 1 aromatic heterocycles. The number of sulfonamides is 1. The second-order valence-electron chi connectivity index (χ2n) is 5.63. The van der Waals surface area contributed by atoms with Gasteiger partial charge in [0.05, 0.1) is 22.8 Å². The maximum atomic E-state index is 12.5. The van der Waals surface area contributed by atoms with Gasteiger partial charge >= 0.3 is 5.97 Å². The van der Waals surface area contributed by atoms with Crippen LogP contribution >= 0.6 is 0 Å². The first-order valence-electron chi connectivity index (χ1n) is 7.26. The Hall–Kier alpha value is -2.16. The molecule has 0 fully saturated rings. The lowest BCUT2D eigenvalue weighted by Crippen LogP contribution is -2.34. The maximum absolute atomic E-state index is 12.5. The Kier molecular flexibility index (Phi) is 5.43. The summed E-state index contributed by atoms with van der Waals surface area (Å²) in [5.41, 5.74) is 0.469. The summed E-state index contributed by atoms with van der Waals surface area (Å²) in [6, 6.07) is 7.26. The van der Waals surface area contributed by atoms with Crippen LogP contribution in [-0.2, 0) is 10.0 Å². The molecule has 8 heteroatoms. The number of aromatic carboxylic acids is 1. The van der Waals surface area contributed by atoms with Gasteiger partial charge in [-0.3, -0.25) is 4.90 Å². The molecule has 0 aliphatic carbocycles. The van der Waals surface area contributed by atoms with Crippen molar-refractivity contribution in [3.63, 3.8) is 0 Å². The first kappa shape index (κ1) is 18.2. The van der Waals surface area contributed by atoms with Crippen LogP contribution in [-0.4, -0.2) is 45.0 Å². The molecule has 0 radical (unpaired) electrons. The van der Waals surface area contributed by atoms with E-state index in [0.717, 1.165) is 6.07 Å². The fourth-order valence-corrected chi connectivity index (χ4v) is 3.35. The highest BCUT2D eigenvalue weighted by atomic mass is 32.2. The van der Waals surface area contributed by atoms with E-state index in [1.165, 1.54) is 18.4 Å². The predicted octanol–water partition coefficient (Wildman–Crippen LogP) is 1.87. The molecule has 0 amide bonds.